The molecule has 1 fully saturated rings. The minimum Gasteiger partial charge on any atom is -0.352 e. The van der Waals surface area contributed by atoms with Gasteiger partial charge in [0.05, 0.1) is 20.6 Å². The fourth-order valence-corrected chi connectivity index (χ4v) is 8.01. The highest BCUT2D eigenvalue weighted by atomic mass is 79.9. The number of nitrogens with zero attached hydrogens (tertiary/aromatic N) is 2. The largest absolute Gasteiger partial charge is 0.352 e. The molecule has 1 saturated carbocycles. The molecule has 0 saturated heterocycles. The predicted molar refractivity (Wildman–Crippen MR) is 186 cm³/mol. The number of rotatable bonds is 12. The maximum absolute atomic E-state index is 14.6. The first kappa shape index (κ1) is 34.0. The van der Waals surface area contributed by atoms with Gasteiger partial charge in [0.2, 0.25) is 11.8 Å². The van der Waals surface area contributed by atoms with E-state index in [1.165, 1.54) is 23.1 Å². The van der Waals surface area contributed by atoms with Crippen molar-refractivity contribution in [3.63, 3.8) is 0 Å². The van der Waals surface area contributed by atoms with Crippen molar-refractivity contribution in [2.24, 2.45) is 0 Å². The fraction of sp³-hybridized carbons (Fsp3) is 0.257. The summed E-state index contributed by atoms with van der Waals surface area (Å²) in [4.78, 5) is 30.2. The van der Waals surface area contributed by atoms with Crippen LogP contribution in [0.1, 0.15) is 36.8 Å². The number of nitrogens with one attached hydrogen (secondary N) is 1. The van der Waals surface area contributed by atoms with E-state index in [4.69, 9.17) is 23.2 Å². The van der Waals surface area contributed by atoms with E-state index in [9.17, 15) is 18.0 Å². The summed E-state index contributed by atoms with van der Waals surface area (Å²) in [6.07, 6.45) is 4.05. The van der Waals surface area contributed by atoms with Crippen molar-refractivity contribution in [3.8, 4) is 0 Å². The third-order valence-corrected chi connectivity index (χ3v) is 11.1. The van der Waals surface area contributed by atoms with E-state index in [1.807, 2.05) is 54.6 Å². The Balaban J connectivity index is 1.59. The zero-order chi connectivity index (χ0) is 32.7. The van der Waals surface area contributed by atoms with Gasteiger partial charge in [-0.05, 0) is 60.4 Å². The molecule has 0 spiro atoms. The smallest absolute Gasteiger partial charge is 0.264 e. The number of carbonyl (C=O) groups is 2. The molecule has 1 aliphatic rings. The maximum Gasteiger partial charge on any atom is 0.264 e. The van der Waals surface area contributed by atoms with Crippen LogP contribution in [0.5, 0.6) is 0 Å². The van der Waals surface area contributed by atoms with Gasteiger partial charge in [0.1, 0.15) is 12.6 Å². The molecule has 46 heavy (non-hydrogen) atoms. The van der Waals surface area contributed by atoms with Crippen LogP contribution in [-0.2, 0) is 32.6 Å². The molecule has 2 amide bonds. The molecule has 7 nitrogen and oxygen atoms in total. The number of carbonyl (C=O) groups excluding carboxylic acids is 2. The fourth-order valence-electron chi connectivity index (χ4n) is 5.67. The van der Waals surface area contributed by atoms with Gasteiger partial charge in [-0.2, -0.15) is 0 Å². The Hall–Kier alpha value is -3.37. The summed E-state index contributed by atoms with van der Waals surface area (Å²) in [5.41, 5.74) is 1.70. The summed E-state index contributed by atoms with van der Waals surface area (Å²) >= 11 is 16.4. The number of hydrogen-bond donors (Lipinski definition) is 1. The molecule has 0 aromatic heterocycles. The Morgan fingerprint density at radius 3 is 2.15 bits per heavy atom. The molecule has 0 heterocycles. The number of benzene rings is 4. The van der Waals surface area contributed by atoms with Crippen LogP contribution in [-0.4, -0.2) is 43.8 Å². The van der Waals surface area contributed by atoms with Crippen LogP contribution in [0.15, 0.2) is 112 Å². The van der Waals surface area contributed by atoms with E-state index >= 15 is 0 Å². The average Bonchev–Trinajstić information content (AvgIpc) is 3.57. The van der Waals surface area contributed by atoms with Gasteiger partial charge in [-0.1, -0.05) is 119 Å². The van der Waals surface area contributed by atoms with Gasteiger partial charge in [-0.25, -0.2) is 8.42 Å². The zero-order valence-electron chi connectivity index (χ0n) is 25.0. The standard InChI is InChI=1S/C35H34BrCl2N3O4S/c36-27-14-9-13-26(21-27)23-40(32(22-25-11-3-1-4-12-25)35(43)39-28-15-7-8-16-28)33(42)24-41(31-20-10-19-30(37)34(31)38)46(44,45)29-17-5-2-6-18-29/h1-6,9-14,17-21,28,32H,7-8,15-16,22-24H2,(H,39,43)/t32-/m0/s1. The number of halogens is 3. The monoisotopic (exact) mass is 741 g/mol. The Morgan fingerprint density at radius 1 is 0.848 bits per heavy atom. The van der Waals surface area contributed by atoms with Crippen molar-refractivity contribution < 1.29 is 18.0 Å². The van der Waals surface area contributed by atoms with Crippen LogP contribution in [0.25, 0.3) is 0 Å². The topological polar surface area (TPSA) is 86.8 Å². The number of anilines is 1. The lowest BCUT2D eigenvalue weighted by atomic mass is 10.0. The molecule has 4 aromatic rings. The summed E-state index contributed by atoms with van der Waals surface area (Å²) in [6, 6.07) is 28.5. The molecular weight excluding hydrogens is 709 g/mol. The lowest BCUT2D eigenvalue weighted by Gasteiger charge is -2.34. The second-order valence-corrected chi connectivity index (χ2v) is 14.8. The zero-order valence-corrected chi connectivity index (χ0v) is 28.9. The van der Waals surface area contributed by atoms with Gasteiger partial charge in [0.15, 0.2) is 0 Å². The Kier molecular flexibility index (Phi) is 11.4. The van der Waals surface area contributed by atoms with E-state index in [0.717, 1.165) is 45.6 Å². The summed E-state index contributed by atoms with van der Waals surface area (Å²) < 4.78 is 30.1. The molecule has 11 heteroatoms. The van der Waals surface area contributed by atoms with Crippen LogP contribution in [0.4, 0.5) is 5.69 Å². The van der Waals surface area contributed by atoms with Crippen molar-refractivity contribution >= 4 is 66.7 Å². The van der Waals surface area contributed by atoms with Crippen LogP contribution in [0, 0.1) is 0 Å². The second kappa shape index (κ2) is 15.5. The normalized spacial score (nSPS) is 14.1. The molecule has 0 radical (unpaired) electrons. The Morgan fingerprint density at radius 2 is 1.48 bits per heavy atom. The first-order chi connectivity index (χ1) is 22.1. The van der Waals surface area contributed by atoms with E-state index < -0.39 is 28.5 Å². The Bertz CT molecular complexity index is 1770. The van der Waals surface area contributed by atoms with Crippen molar-refractivity contribution in [3.05, 3.63) is 129 Å². The third-order valence-electron chi connectivity index (χ3n) is 8.02. The van der Waals surface area contributed by atoms with Crippen LogP contribution < -0.4 is 9.62 Å². The molecule has 1 atom stereocenters. The minimum atomic E-state index is -4.29. The average molecular weight is 744 g/mol. The lowest BCUT2D eigenvalue weighted by Crippen LogP contribution is -2.54. The number of amides is 2. The first-order valence-corrected chi connectivity index (χ1v) is 18.0. The Labute approximate surface area is 288 Å². The van der Waals surface area contributed by atoms with Crippen molar-refractivity contribution in [1.29, 1.82) is 0 Å². The van der Waals surface area contributed by atoms with Crippen molar-refractivity contribution in [2.75, 3.05) is 10.8 Å². The highest BCUT2D eigenvalue weighted by Crippen LogP contribution is 2.35. The number of sulfonamides is 1. The highest BCUT2D eigenvalue weighted by Gasteiger charge is 2.36. The molecule has 4 aromatic carbocycles. The third kappa shape index (κ3) is 8.31. The predicted octanol–water partition coefficient (Wildman–Crippen LogP) is 7.65. The molecule has 0 bridgehead atoms. The van der Waals surface area contributed by atoms with Gasteiger partial charge in [-0.3, -0.25) is 13.9 Å². The lowest BCUT2D eigenvalue weighted by molar-refractivity contribution is -0.140. The second-order valence-electron chi connectivity index (χ2n) is 11.2. The summed E-state index contributed by atoms with van der Waals surface area (Å²) in [7, 11) is -4.29. The molecule has 0 unspecified atom stereocenters. The highest BCUT2D eigenvalue weighted by molar-refractivity contribution is 9.10. The first-order valence-electron chi connectivity index (χ1n) is 15.0. The quantitative estimate of drug-likeness (QED) is 0.162. The molecule has 5 rings (SSSR count). The van der Waals surface area contributed by atoms with Gasteiger partial charge in [0.25, 0.3) is 10.0 Å². The van der Waals surface area contributed by atoms with E-state index in [1.54, 1.807) is 30.3 Å². The summed E-state index contributed by atoms with van der Waals surface area (Å²) in [6.45, 7) is -0.552. The van der Waals surface area contributed by atoms with Crippen LogP contribution in [0.2, 0.25) is 10.0 Å². The minimum absolute atomic E-state index is 0.00479. The molecular formula is C35H34BrCl2N3O4S. The molecule has 0 aliphatic heterocycles. The van der Waals surface area contributed by atoms with Crippen LogP contribution in [0.3, 0.4) is 0 Å². The van der Waals surface area contributed by atoms with Gasteiger partial charge in [-0.15, -0.1) is 0 Å². The van der Waals surface area contributed by atoms with Crippen LogP contribution >= 0.6 is 39.1 Å². The van der Waals surface area contributed by atoms with Crippen molar-refractivity contribution in [2.45, 2.75) is 55.6 Å². The molecule has 1 N–H and O–H groups in total. The summed E-state index contributed by atoms with van der Waals surface area (Å²) in [5, 5.41) is 3.31. The van der Waals surface area contributed by atoms with Gasteiger partial charge in [0, 0.05) is 23.5 Å². The SMILES string of the molecule is O=C(NC1CCCC1)[C@H](Cc1ccccc1)N(Cc1cccc(Br)c1)C(=O)CN(c1cccc(Cl)c1Cl)S(=O)(=O)c1ccccc1. The molecule has 1 aliphatic carbocycles. The van der Waals surface area contributed by atoms with E-state index in [-0.39, 0.29) is 45.5 Å². The summed E-state index contributed by atoms with van der Waals surface area (Å²) in [5.74, 6) is -0.851. The molecule has 240 valence electrons. The van der Waals surface area contributed by atoms with Gasteiger partial charge < -0.3 is 10.2 Å². The maximum atomic E-state index is 14.6. The van der Waals surface area contributed by atoms with E-state index in [2.05, 4.69) is 21.2 Å². The number of hydrogen-bond acceptors (Lipinski definition) is 4. The van der Waals surface area contributed by atoms with Gasteiger partial charge >= 0.3 is 0 Å². The van der Waals surface area contributed by atoms with Crippen molar-refractivity contribution in [1.82, 2.24) is 10.2 Å². The van der Waals surface area contributed by atoms with E-state index in [0.29, 0.717) is 0 Å².